The van der Waals surface area contributed by atoms with Crippen molar-refractivity contribution in [3.8, 4) is 0 Å². The lowest BCUT2D eigenvalue weighted by Gasteiger charge is -2.18. The molecule has 14 heavy (non-hydrogen) atoms. The predicted molar refractivity (Wildman–Crippen MR) is 53.1 cm³/mol. The van der Waals surface area contributed by atoms with Gasteiger partial charge in [-0.2, -0.15) is 5.21 Å². The smallest absolute Gasteiger partial charge is 0.244 e. The average molecular weight is 215 g/mol. The van der Waals surface area contributed by atoms with Gasteiger partial charge in [-0.15, -0.1) is 0 Å². The summed E-state index contributed by atoms with van der Waals surface area (Å²) in [5, 5.41) is 9.62. The highest BCUT2D eigenvalue weighted by molar-refractivity contribution is 7.71. The first-order valence-electron chi connectivity index (χ1n) is 4.44. The molecule has 0 atom stereocenters. The molecule has 0 radical (unpaired) electrons. The quantitative estimate of drug-likeness (QED) is 0.729. The number of rotatable bonds is 4. The SMILES string of the molecule is CCN(CC)C(=O)Cn1[nH]nnc1=S. The molecule has 7 heteroatoms. The maximum absolute atomic E-state index is 11.6. The number of nitrogens with one attached hydrogen (secondary N) is 1. The van der Waals surface area contributed by atoms with Crippen LogP contribution in [0.4, 0.5) is 0 Å². The molecule has 1 heterocycles. The number of H-pyrrole nitrogens is 1. The van der Waals surface area contributed by atoms with Crippen LogP contribution < -0.4 is 0 Å². The molecule has 0 saturated heterocycles. The van der Waals surface area contributed by atoms with E-state index >= 15 is 0 Å². The molecule has 0 fully saturated rings. The van der Waals surface area contributed by atoms with Crippen molar-refractivity contribution in [2.24, 2.45) is 0 Å². The number of aromatic amines is 1. The Labute approximate surface area is 86.9 Å². The van der Waals surface area contributed by atoms with Crippen molar-refractivity contribution in [3.05, 3.63) is 4.77 Å². The van der Waals surface area contributed by atoms with E-state index in [2.05, 4.69) is 15.5 Å². The molecule has 1 amide bonds. The molecule has 0 aliphatic carbocycles. The lowest BCUT2D eigenvalue weighted by Crippen LogP contribution is -2.33. The summed E-state index contributed by atoms with van der Waals surface area (Å²) in [5.74, 6) is 0.0113. The van der Waals surface area contributed by atoms with E-state index in [1.165, 1.54) is 4.68 Å². The Morgan fingerprint density at radius 2 is 2.21 bits per heavy atom. The summed E-state index contributed by atoms with van der Waals surface area (Å²) >= 11 is 4.85. The molecule has 0 spiro atoms. The molecule has 0 bridgehead atoms. The molecular weight excluding hydrogens is 202 g/mol. The first-order chi connectivity index (χ1) is 6.69. The molecule has 78 valence electrons. The van der Waals surface area contributed by atoms with Crippen LogP contribution in [0.15, 0.2) is 0 Å². The van der Waals surface area contributed by atoms with Crippen LogP contribution in [0.25, 0.3) is 0 Å². The molecular formula is C7H13N5OS. The second-order valence-corrected chi connectivity index (χ2v) is 3.10. The number of amides is 1. The molecule has 1 rings (SSSR count). The summed E-state index contributed by atoms with van der Waals surface area (Å²) < 4.78 is 1.74. The second kappa shape index (κ2) is 4.85. The van der Waals surface area contributed by atoms with Crippen LogP contribution in [0.2, 0.25) is 0 Å². The molecule has 1 aromatic rings. The molecule has 6 nitrogen and oxygen atoms in total. The Bertz CT molecular complexity index is 353. The number of carbonyl (C=O) groups excluding carboxylic acids is 1. The van der Waals surface area contributed by atoms with E-state index in [1.807, 2.05) is 13.8 Å². The van der Waals surface area contributed by atoms with Crippen molar-refractivity contribution in [3.63, 3.8) is 0 Å². The van der Waals surface area contributed by atoms with Gasteiger partial charge in [-0.05, 0) is 26.1 Å². The van der Waals surface area contributed by atoms with Gasteiger partial charge in [0.15, 0.2) is 0 Å². The normalized spacial score (nSPS) is 10.1. The fourth-order valence-electron chi connectivity index (χ4n) is 1.13. The fraction of sp³-hybridized carbons (Fsp3) is 0.714. The minimum absolute atomic E-state index is 0.0113. The van der Waals surface area contributed by atoms with Crippen molar-refractivity contribution >= 4 is 18.1 Å². The van der Waals surface area contributed by atoms with Gasteiger partial charge in [-0.3, -0.25) is 4.79 Å². The van der Waals surface area contributed by atoms with Gasteiger partial charge in [0.25, 0.3) is 0 Å². The third-order valence-electron chi connectivity index (χ3n) is 1.94. The standard InChI is InChI=1S/C7H13N5OS/c1-3-11(4-2)6(13)5-12-7(14)8-9-10-12/h3-5H2,1-2H3,(H,8,10,14). The lowest BCUT2D eigenvalue weighted by atomic mass is 10.4. The topological polar surface area (TPSA) is 66.8 Å². The third kappa shape index (κ3) is 2.38. The van der Waals surface area contributed by atoms with Crippen molar-refractivity contribution < 1.29 is 4.79 Å². The zero-order valence-electron chi connectivity index (χ0n) is 8.23. The first-order valence-corrected chi connectivity index (χ1v) is 4.85. The first kappa shape index (κ1) is 10.8. The van der Waals surface area contributed by atoms with Gasteiger partial charge in [0.1, 0.15) is 6.54 Å². The van der Waals surface area contributed by atoms with Gasteiger partial charge in [-0.1, -0.05) is 10.3 Å². The van der Waals surface area contributed by atoms with Crippen LogP contribution in [-0.4, -0.2) is 44.1 Å². The van der Waals surface area contributed by atoms with Gasteiger partial charge in [0.05, 0.1) is 0 Å². The van der Waals surface area contributed by atoms with Crippen LogP contribution in [0, 0.1) is 4.77 Å². The zero-order valence-corrected chi connectivity index (χ0v) is 9.04. The summed E-state index contributed by atoms with van der Waals surface area (Å²) in [5.41, 5.74) is 0. The van der Waals surface area contributed by atoms with E-state index in [9.17, 15) is 4.79 Å². The van der Waals surface area contributed by atoms with E-state index in [-0.39, 0.29) is 12.5 Å². The predicted octanol–water partition coefficient (Wildman–Crippen LogP) is 0.204. The van der Waals surface area contributed by atoms with Crippen LogP contribution in [0.5, 0.6) is 0 Å². The summed E-state index contributed by atoms with van der Waals surface area (Å²) in [6, 6.07) is 0. The highest BCUT2D eigenvalue weighted by atomic mass is 32.1. The Morgan fingerprint density at radius 1 is 1.57 bits per heavy atom. The summed E-state index contributed by atoms with van der Waals surface area (Å²) in [4.78, 5) is 13.3. The molecule has 0 unspecified atom stereocenters. The van der Waals surface area contributed by atoms with Gasteiger partial charge >= 0.3 is 0 Å². The van der Waals surface area contributed by atoms with E-state index in [0.717, 1.165) is 0 Å². The Kier molecular flexibility index (Phi) is 3.75. The van der Waals surface area contributed by atoms with Gasteiger partial charge < -0.3 is 4.90 Å². The molecule has 0 aromatic carbocycles. The Balaban J connectivity index is 2.65. The van der Waals surface area contributed by atoms with Gasteiger partial charge in [-0.25, -0.2) is 4.68 Å². The number of tetrazole rings is 1. The Morgan fingerprint density at radius 3 is 2.64 bits per heavy atom. The summed E-state index contributed by atoms with van der Waals surface area (Å²) in [7, 11) is 0. The molecule has 1 N–H and O–H groups in total. The average Bonchev–Trinajstić information content (AvgIpc) is 2.54. The third-order valence-corrected chi connectivity index (χ3v) is 2.24. The van der Waals surface area contributed by atoms with Crippen molar-refractivity contribution in [1.82, 2.24) is 25.1 Å². The number of likely N-dealkylation sites (N-methyl/N-ethyl adjacent to an activating group) is 1. The Hall–Kier alpha value is -1.24. The maximum Gasteiger partial charge on any atom is 0.244 e. The number of aromatic nitrogens is 4. The number of carbonyl (C=O) groups is 1. The van der Waals surface area contributed by atoms with Crippen LogP contribution in [-0.2, 0) is 11.3 Å². The molecule has 0 saturated carbocycles. The largest absolute Gasteiger partial charge is 0.342 e. The van der Waals surface area contributed by atoms with E-state index < -0.39 is 0 Å². The summed E-state index contributed by atoms with van der Waals surface area (Å²) in [6.45, 7) is 5.44. The second-order valence-electron chi connectivity index (χ2n) is 2.73. The maximum atomic E-state index is 11.6. The van der Waals surface area contributed by atoms with E-state index in [0.29, 0.717) is 17.9 Å². The number of hydrogen-bond donors (Lipinski definition) is 1. The van der Waals surface area contributed by atoms with Crippen LogP contribution >= 0.6 is 12.2 Å². The van der Waals surface area contributed by atoms with Gasteiger partial charge in [0, 0.05) is 13.1 Å². The fourth-order valence-corrected chi connectivity index (χ4v) is 1.28. The zero-order chi connectivity index (χ0) is 10.6. The number of hydrogen-bond acceptors (Lipinski definition) is 4. The minimum Gasteiger partial charge on any atom is -0.342 e. The minimum atomic E-state index is 0.0113. The highest BCUT2D eigenvalue weighted by Crippen LogP contribution is 1.92. The van der Waals surface area contributed by atoms with Crippen LogP contribution in [0.3, 0.4) is 0 Å². The van der Waals surface area contributed by atoms with Crippen molar-refractivity contribution in [1.29, 1.82) is 0 Å². The van der Waals surface area contributed by atoms with Crippen LogP contribution in [0.1, 0.15) is 13.8 Å². The van der Waals surface area contributed by atoms with Gasteiger partial charge in [0.2, 0.25) is 10.7 Å². The van der Waals surface area contributed by atoms with Crippen molar-refractivity contribution in [2.75, 3.05) is 13.1 Å². The lowest BCUT2D eigenvalue weighted by molar-refractivity contribution is -0.131. The van der Waals surface area contributed by atoms with E-state index in [4.69, 9.17) is 12.2 Å². The molecule has 0 aliphatic rings. The number of nitrogens with zero attached hydrogens (tertiary/aromatic N) is 4. The molecule has 1 aromatic heterocycles. The molecule has 0 aliphatic heterocycles. The summed E-state index contributed by atoms with van der Waals surface area (Å²) in [6.07, 6.45) is 0. The van der Waals surface area contributed by atoms with E-state index in [1.54, 1.807) is 4.90 Å². The van der Waals surface area contributed by atoms with Crippen molar-refractivity contribution in [2.45, 2.75) is 20.4 Å². The monoisotopic (exact) mass is 215 g/mol. The highest BCUT2D eigenvalue weighted by Gasteiger charge is 2.10.